The van der Waals surface area contributed by atoms with Crippen LogP contribution in [0.1, 0.15) is 22.3 Å². The number of amides is 1. The van der Waals surface area contributed by atoms with E-state index in [-0.39, 0.29) is 24.5 Å². The molecule has 1 amide bonds. The largest absolute Gasteiger partial charge is 0.394 e. The molecule has 0 aliphatic carbocycles. The van der Waals surface area contributed by atoms with Crippen molar-refractivity contribution < 1.29 is 27.9 Å². The molecule has 4 N–H and O–H groups in total. The van der Waals surface area contributed by atoms with Gasteiger partial charge in [0.15, 0.2) is 11.6 Å². The number of aliphatic hydroxyl groups excluding tert-OH is 1. The van der Waals surface area contributed by atoms with Crippen LogP contribution in [0.25, 0.3) is 0 Å². The quantitative estimate of drug-likeness (QED) is 0.366. The van der Waals surface area contributed by atoms with Gasteiger partial charge in [-0.15, -0.1) is 0 Å². The smallest absolute Gasteiger partial charge is 0.277 e. The maximum Gasteiger partial charge on any atom is 0.277 e. The van der Waals surface area contributed by atoms with Crippen LogP contribution < -0.4 is 16.1 Å². The fraction of sp³-hybridized carbons (Fsp3) is 0.316. The number of aryl methyl sites for hydroxylation is 1. The second kappa shape index (κ2) is 10.6. The molecule has 0 saturated heterocycles. The van der Waals surface area contributed by atoms with Gasteiger partial charge in [0.1, 0.15) is 5.82 Å². The summed E-state index contributed by atoms with van der Waals surface area (Å²) in [6, 6.07) is 6.20. The van der Waals surface area contributed by atoms with Crippen molar-refractivity contribution in [2.75, 3.05) is 32.1 Å². The second-order valence-corrected chi connectivity index (χ2v) is 5.93. The Morgan fingerprint density at radius 2 is 1.93 bits per heavy atom. The van der Waals surface area contributed by atoms with Crippen LogP contribution in [0, 0.1) is 17.5 Å². The van der Waals surface area contributed by atoms with Gasteiger partial charge in [0.2, 0.25) is 0 Å². The van der Waals surface area contributed by atoms with Crippen LogP contribution in [0.4, 0.5) is 24.5 Å². The molecule has 2 aromatic carbocycles. The summed E-state index contributed by atoms with van der Waals surface area (Å²) in [5, 5.41) is 14.1. The third-order valence-corrected chi connectivity index (χ3v) is 3.88. The summed E-state index contributed by atoms with van der Waals surface area (Å²) in [5.41, 5.74) is 1.85. The first kappa shape index (κ1) is 21.7. The maximum absolute atomic E-state index is 14.4. The molecule has 0 radical (unpaired) electrons. The lowest BCUT2D eigenvalue weighted by atomic mass is 10.1. The van der Waals surface area contributed by atoms with E-state index in [0.717, 1.165) is 30.7 Å². The third kappa shape index (κ3) is 5.69. The Hall–Kier alpha value is -2.62. The van der Waals surface area contributed by atoms with E-state index in [9.17, 15) is 18.0 Å². The van der Waals surface area contributed by atoms with Gasteiger partial charge in [0, 0.05) is 0 Å². The van der Waals surface area contributed by atoms with Crippen molar-refractivity contribution in [1.29, 1.82) is 0 Å². The Bertz CT molecular complexity index is 818. The van der Waals surface area contributed by atoms with Gasteiger partial charge in [0.25, 0.3) is 5.91 Å². The van der Waals surface area contributed by atoms with E-state index < -0.39 is 29.0 Å². The van der Waals surface area contributed by atoms with Crippen LogP contribution in [-0.4, -0.2) is 37.8 Å². The molecule has 0 atom stereocenters. The standard InChI is InChI=1S/C19H22F3N3O3/c1-23-8-2-3-12-4-7-16(15(21)11-12)24-18-13(5-6-14(20)17(18)22)19(27)25-28-10-9-26/h4-7,11,23-24,26H,2-3,8-10H2,1H3,(H,25,27). The summed E-state index contributed by atoms with van der Waals surface area (Å²) in [6.07, 6.45) is 1.47. The number of rotatable bonds is 10. The SMILES string of the molecule is CNCCCc1ccc(Nc2c(C(=O)NOCCO)ccc(F)c2F)c(F)c1. The minimum atomic E-state index is -1.33. The van der Waals surface area contributed by atoms with E-state index >= 15 is 0 Å². The Morgan fingerprint density at radius 3 is 2.61 bits per heavy atom. The zero-order chi connectivity index (χ0) is 20.5. The van der Waals surface area contributed by atoms with E-state index in [4.69, 9.17) is 5.11 Å². The van der Waals surface area contributed by atoms with Crippen molar-refractivity contribution in [2.24, 2.45) is 0 Å². The molecular weight excluding hydrogens is 375 g/mol. The third-order valence-electron chi connectivity index (χ3n) is 3.88. The van der Waals surface area contributed by atoms with Gasteiger partial charge in [-0.2, -0.15) is 0 Å². The summed E-state index contributed by atoms with van der Waals surface area (Å²) in [4.78, 5) is 16.8. The zero-order valence-electron chi connectivity index (χ0n) is 15.3. The molecule has 0 aliphatic heterocycles. The zero-order valence-corrected chi connectivity index (χ0v) is 15.3. The summed E-state index contributed by atoms with van der Waals surface area (Å²) in [7, 11) is 1.82. The molecule has 9 heteroatoms. The van der Waals surface area contributed by atoms with Gasteiger partial charge in [-0.25, -0.2) is 18.7 Å². The van der Waals surface area contributed by atoms with Crippen LogP contribution in [-0.2, 0) is 11.3 Å². The maximum atomic E-state index is 14.4. The molecule has 0 aliphatic rings. The van der Waals surface area contributed by atoms with E-state index in [1.807, 2.05) is 12.5 Å². The topological polar surface area (TPSA) is 82.6 Å². The van der Waals surface area contributed by atoms with Gasteiger partial charge >= 0.3 is 0 Å². The number of hydroxylamine groups is 1. The van der Waals surface area contributed by atoms with Crippen molar-refractivity contribution in [1.82, 2.24) is 10.8 Å². The average Bonchev–Trinajstić information content (AvgIpc) is 2.67. The van der Waals surface area contributed by atoms with E-state index in [2.05, 4.69) is 15.5 Å². The van der Waals surface area contributed by atoms with Crippen molar-refractivity contribution in [3.8, 4) is 0 Å². The molecule has 0 aromatic heterocycles. The Labute approximate surface area is 160 Å². The number of anilines is 2. The number of halogens is 3. The Balaban J connectivity index is 2.24. The first-order valence-electron chi connectivity index (χ1n) is 8.69. The second-order valence-electron chi connectivity index (χ2n) is 5.93. The van der Waals surface area contributed by atoms with Crippen LogP contribution in [0.5, 0.6) is 0 Å². The van der Waals surface area contributed by atoms with Crippen LogP contribution in [0.15, 0.2) is 30.3 Å². The molecule has 28 heavy (non-hydrogen) atoms. The molecule has 2 rings (SSSR count). The number of carbonyl (C=O) groups is 1. The van der Waals surface area contributed by atoms with Crippen LogP contribution >= 0.6 is 0 Å². The summed E-state index contributed by atoms with van der Waals surface area (Å²) >= 11 is 0. The van der Waals surface area contributed by atoms with Crippen molar-refractivity contribution in [2.45, 2.75) is 12.8 Å². The molecule has 2 aromatic rings. The minimum Gasteiger partial charge on any atom is -0.394 e. The normalized spacial score (nSPS) is 10.8. The minimum absolute atomic E-state index is 0.104. The fourth-order valence-corrected chi connectivity index (χ4v) is 2.50. The fourth-order valence-electron chi connectivity index (χ4n) is 2.50. The molecule has 0 spiro atoms. The number of nitrogens with one attached hydrogen (secondary N) is 3. The number of hydrogen-bond acceptors (Lipinski definition) is 5. The van der Waals surface area contributed by atoms with Gasteiger partial charge in [-0.1, -0.05) is 6.07 Å². The van der Waals surface area contributed by atoms with Gasteiger partial charge in [0.05, 0.1) is 30.2 Å². The Morgan fingerprint density at radius 1 is 1.14 bits per heavy atom. The van der Waals surface area contributed by atoms with Gasteiger partial charge in [-0.3, -0.25) is 9.63 Å². The molecule has 152 valence electrons. The first-order chi connectivity index (χ1) is 13.5. The van der Waals surface area contributed by atoms with E-state index in [0.29, 0.717) is 6.42 Å². The molecule has 6 nitrogen and oxygen atoms in total. The van der Waals surface area contributed by atoms with Crippen LogP contribution in [0.3, 0.4) is 0 Å². The highest BCUT2D eigenvalue weighted by atomic mass is 19.2. The lowest BCUT2D eigenvalue weighted by Gasteiger charge is -2.14. The number of benzene rings is 2. The predicted molar refractivity (Wildman–Crippen MR) is 98.8 cm³/mol. The predicted octanol–water partition coefficient (Wildman–Crippen LogP) is 2.65. The summed E-state index contributed by atoms with van der Waals surface area (Å²) < 4.78 is 42.4. The first-order valence-corrected chi connectivity index (χ1v) is 8.69. The van der Waals surface area contributed by atoms with Crippen LogP contribution in [0.2, 0.25) is 0 Å². The van der Waals surface area contributed by atoms with Gasteiger partial charge in [-0.05, 0) is 56.3 Å². The highest BCUT2D eigenvalue weighted by Gasteiger charge is 2.20. The van der Waals surface area contributed by atoms with Gasteiger partial charge < -0.3 is 15.7 Å². The lowest BCUT2D eigenvalue weighted by molar-refractivity contribution is 0.0168. The Kier molecular flexibility index (Phi) is 8.24. The number of carbonyl (C=O) groups excluding carboxylic acids is 1. The molecule has 0 fully saturated rings. The van der Waals surface area contributed by atoms with E-state index in [1.54, 1.807) is 6.07 Å². The highest BCUT2D eigenvalue weighted by Crippen LogP contribution is 2.28. The summed E-state index contributed by atoms with van der Waals surface area (Å²) in [6.45, 7) is 0.268. The number of hydrogen-bond donors (Lipinski definition) is 4. The highest BCUT2D eigenvalue weighted by molar-refractivity contribution is 5.99. The molecule has 0 saturated carbocycles. The molecule has 0 heterocycles. The molecule has 0 unspecified atom stereocenters. The molecule has 0 bridgehead atoms. The van der Waals surface area contributed by atoms with Crippen molar-refractivity contribution in [3.63, 3.8) is 0 Å². The van der Waals surface area contributed by atoms with Crippen molar-refractivity contribution in [3.05, 3.63) is 58.9 Å². The molecular formula is C19H22F3N3O3. The van der Waals surface area contributed by atoms with Crippen molar-refractivity contribution >= 4 is 17.3 Å². The monoisotopic (exact) mass is 397 g/mol. The lowest BCUT2D eigenvalue weighted by Crippen LogP contribution is -2.26. The average molecular weight is 397 g/mol. The number of aliphatic hydroxyl groups is 1. The summed E-state index contributed by atoms with van der Waals surface area (Å²) in [5.74, 6) is -4.06. The van der Waals surface area contributed by atoms with E-state index in [1.165, 1.54) is 12.1 Å².